The van der Waals surface area contributed by atoms with Crippen LogP contribution < -0.4 is 0 Å². The van der Waals surface area contributed by atoms with E-state index in [-0.39, 0.29) is 5.91 Å². The quantitative estimate of drug-likeness (QED) is 0.808. The van der Waals surface area contributed by atoms with Gasteiger partial charge in [-0.2, -0.15) is 5.10 Å². The van der Waals surface area contributed by atoms with Crippen molar-refractivity contribution in [2.45, 2.75) is 11.9 Å². The molecule has 0 atom stereocenters. The minimum absolute atomic E-state index is 0.185. The second-order valence-corrected chi connectivity index (χ2v) is 6.57. The van der Waals surface area contributed by atoms with Gasteiger partial charge >= 0.3 is 0 Å². The Hall–Kier alpha value is -1.66. The van der Waals surface area contributed by atoms with Crippen molar-refractivity contribution in [2.75, 3.05) is 39.0 Å². The van der Waals surface area contributed by atoms with Crippen molar-refractivity contribution in [3.63, 3.8) is 0 Å². The molecule has 0 unspecified atom stereocenters. The first kappa shape index (κ1) is 15.2. The molecular formula is C16H20N4OS. The lowest BCUT2D eigenvalue weighted by Crippen LogP contribution is -2.47. The monoisotopic (exact) mass is 316 g/mol. The molecule has 0 aliphatic carbocycles. The highest BCUT2D eigenvalue weighted by Crippen LogP contribution is 2.26. The number of aromatic nitrogens is 2. The zero-order chi connectivity index (χ0) is 15.5. The number of hydrogen-bond donors (Lipinski definition) is 0. The summed E-state index contributed by atoms with van der Waals surface area (Å²) in [4.78, 5) is 16.5. The highest BCUT2D eigenvalue weighted by Gasteiger charge is 2.19. The Bertz CT molecular complexity index is 683. The topological polar surface area (TPSA) is 49.3 Å². The first-order valence-electron chi connectivity index (χ1n) is 7.46. The maximum atomic E-state index is 12.3. The zero-order valence-corrected chi connectivity index (χ0v) is 13.8. The van der Waals surface area contributed by atoms with Gasteiger partial charge in [0.2, 0.25) is 5.91 Å². The summed E-state index contributed by atoms with van der Waals surface area (Å²) in [5, 5.41) is 11.5. The van der Waals surface area contributed by atoms with Crippen molar-refractivity contribution in [1.29, 1.82) is 0 Å². The third-order valence-corrected chi connectivity index (χ3v) is 4.99. The second-order valence-electron chi connectivity index (χ2n) is 5.61. The number of carbonyl (C=O) groups excluding carboxylic acids is 1. The molecular weight excluding hydrogens is 296 g/mol. The number of likely N-dealkylation sites (N-methyl/N-ethyl adjacent to an activating group) is 1. The van der Waals surface area contributed by atoms with E-state index in [1.165, 1.54) is 11.8 Å². The van der Waals surface area contributed by atoms with Crippen molar-refractivity contribution in [3.8, 4) is 0 Å². The van der Waals surface area contributed by atoms with Gasteiger partial charge in [0.1, 0.15) is 5.03 Å². The van der Waals surface area contributed by atoms with Crippen LogP contribution in [0.2, 0.25) is 0 Å². The van der Waals surface area contributed by atoms with E-state index >= 15 is 0 Å². The summed E-state index contributed by atoms with van der Waals surface area (Å²) < 4.78 is 0. The lowest BCUT2D eigenvalue weighted by Gasteiger charge is -2.32. The summed E-state index contributed by atoms with van der Waals surface area (Å²) >= 11 is 1.48. The van der Waals surface area contributed by atoms with Crippen molar-refractivity contribution in [3.05, 3.63) is 30.0 Å². The average molecular weight is 316 g/mol. The van der Waals surface area contributed by atoms with Gasteiger partial charge in [-0.15, -0.1) is 5.10 Å². The molecule has 0 N–H and O–H groups in total. The number of thioether (sulfide) groups is 1. The first-order chi connectivity index (χ1) is 10.6. The zero-order valence-electron chi connectivity index (χ0n) is 13.0. The van der Waals surface area contributed by atoms with Gasteiger partial charge in [-0.1, -0.05) is 36.0 Å². The van der Waals surface area contributed by atoms with Crippen molar-refractivity contribution < 1.29 is 4.79 Å². The summed E-state index contributed by atoms with van der Waals surface area (Å²) in [7, 11) is 2.09. The van der Waals surface area contributed by atoms with E-state index in [0.717, 1.165) is 47.7 Å². The van der Waals surface area contributed by atoms with Gasteiger partial charge in [0.15, 0.2) is 0 Å². The van der Waals surface area contributed by atoms with Gasteiger partial charge < -0.3 is 9.80 Å². The van der Waals surface area contributed by atoms with Crippen LogP contribution in [-0.4, -0.2) is 64.9 Å². The molecule has 3 rings (SSSR count). The maximum Gasteiger partial charge on any atom is 0.233 e. The number of hydrogen-bond acceptors (Lipinski definition) is 5. The Kier molecular flexibility index (Phi) is 4.59. The van der Waals surface area contributed by atoms with Gasteiger partial charge in [0.05, 0.1) is 11.4 Å². The molecule has 22 heavy (non-hydrogen) atoms. The summed E-state index contributed by atoms with van der Waals surface area (Å²) in [6.07, 6.45) is 0. The smallest absolute Gasteiger partial charge is 0.233 e. The second kappa shape index (κ2) is 6.62. The van der Waals surface area contributed by atoms with Gasteiger partial charge in [-0.05, 0) is 14.0 Å². The molecule has 0 radical (unpaired) electrons. The van der Waals surface area contributed by atoms with Crippen LogP contribution in [0.5, 0.6) is 0 Å². The Balaban J connectivity index is 1.69. The summed E-state index contributed by atoms with van der Waals surface area (Å²) in [6, 6.07) is 8.09. The number of piperazine rings is 1. The van der Waals surface area contributed by atoms with Crippen LogP contribution in [0, 0.1) is 6.92 Å². The van der Waals surface area contributed by atoms with Gasteiger partial charge in [-0.25, -0.2) is 0 Å². The highest BCUT2D eigenvalue weighted by atomic mass is 32.2. The van der Waals surface area contributed by atoms with E-state index in [4.69, 9.17) is 0 Å². The molecule has 1 aromatic heterocycles. The molecule has 1 aromatic carbocycles. The number of fused-ring (bicyclic) bond motifs is 1. The van der Waals surface area contributed by atoms with Crippen LogP contribution in [0.15, 0.2) is 29.3 Å². The lowest BCUT2D eigenvalue weighted by molar-refractivity contribution is -0.129. The summed E-state index contributed by atoms with van der Waals surface area (Å²) in [5.41, 5.74) is 0.922. The molecule has 1 amide bonds. The largest absolute Gasteiger partial charge is 0.339 e. The average Bonchev–Trinajstić information content (AvgIpc) is 2.55. The van der Waals surface area contributed by atoms with Crippen molar-refractivity contribution in [1.82, 2.24) is 20.0 Å². The summed E-state index contributed by atoms with van der Waals surface area (Å²) in [5.74, 6) is 0.607. The van der Waals surface area contributed by atoms with Crippen LogP contribution in [0.25, 0.3) is 10.8 Å². The number of aryl methyl sites for hydroxylation is 1. The SMILES string of the molecule is Cc1nnc(SCC(=O)N2CCN(C)CC2)c2ccccc12. The van der Waals surface area contributed by atoms with E-state index in [9.17, 15) is 4.79 Å². The van der Waals surface area contributed by atoms with E-state index in [0.29, 0.717) is 5.75 Å². The number of amides is 1. The third-order valence-electron chi connectivity index (χ3n) is 4.03. The van der Waals surface area contributed by atoms with Gasteiger partial charge in [0.25, 0.3) is 0 Å². The minimum Gasteiger partial charge on any atom is -0.339 e. The Morgan fingerprint density at radius 2 is 1.82 bits per heavy atom. The standard InChI is InChI=1S/C16H20N4OS/c1-12-13-5-3-4-6-14(13)16(18-17-12)22-11-15(21)20-9-7-19(2)8-10-20/h3-6H,7-11H2,1-2H3. The fourth-order valence-electron chi connectivity index (χ4n) is 2.60. The third kappa shape index (κ3) is 3.23. The van der Waals surface area contributed by atoms with E-state index in [2.05, 4.69) is 22.1 Å². The van der Waals surface area contributed by atoms with E-state index in [1.54, 1.807) is 0 Å². The molecule has 2 heterocycles. The lowest BCUT2D eigenvalue weighted by atomic mass is 10.1. The Morgan fingerprint density at radius 3 is 2.55 bits per heavy atom. The molecule has 1 aliphatic heterocycles. The maximum absolute atomic E-state index is 12.3. The Morgan fingerprint density at radius 1 is 1.14 bits per heavy atom. The molecule has 2 aromatic rings. The van der Waals surface area contributed by atoms with E-state index in [1.807, 2.05) is 36.1 Å². The van der Waals surface area contributed by atoms with Crippen LogP contribution in [-0.2, 0) is 4.79 Å². The highest BCUT2D eigenvalue weighted by molar-refractivity contribution is 8.00. The van der Waals surface area contributed by atoms with E-state index < -0.39 is 0 Å². The fourth-order valence-corrected chi connectivity index (χ4v) is 3.47. The molecule has 5 nitrogen and oxygen atoms in total. The molecule has 1 fully saturated rings. The predicted octanol–water partition coefficient (Wildman–Crippen LogP) is 1.80. The molecule has 1 aliphatic rings. The van der Waals surface area contributed by atoms with Crippen LogP contribution >= 0.6 is 11.8 Å². The number of nitrogens with zero attached hydrogens (tertiary/aromatic N) is 4. The van der Waals surface area contributed by atoms with Crippen LogP contribution in [0.3, 0.4) is 0 Å². The fraction of sp³-hybridized carbons (Fsp3) is 0.438. The molecule has 116 valence electrons. The minimum atomic E-state index is 0.185. The number of rotatable bonds is 3. The first-order valence-corrected chi connectivity index (χ1v) is 8.45. The van der Waals surface area contributed by atoms with Crippen LogP contribution in [0.1, 0.15) is 5.69 Å². The van der Waals surface area contributed by atoms with Crippen LogP contribution in [0.4, 0.5) is 0 Å². The number of carbonyl (C=O) groups is 1. The molecule has 0 saturated carbocycles. The number of benzene rings is 1. The molecule has 1 saturated heterocycles. The summed E-state index contributed by atoms with van der Waals surface area (Å²) in [6.45, 7) is 5.49. The molecule has 6 heteroatoms. The Labute approximate surface area is 134 Å². The normalized spacial score (nSPS) is 16.2. The predicted molar refractivity (Wildman–Crippen MR) is 89.1 cm³/mol. The van der Waals surface area contributed by atoms with Gasteiger partial charge in [0, 0.05) is 37.0 Å². The molecule has 0 bridgehead atoms. The van der Waals surface area contributed by atoms with Crippen molar-refractivity contribution >= 4 is 28.4 Å². The molecule has 0 spiro atoms. The van der Waals surface area contributed by atoms with Crippen molar-refractivity contribution in [2.24, 2.45) is 0 Å². The van der Waals surface area contributed by atoms with Gasteiger partial charge in [-0.3, -0.25) is 4.79 Å².